The van der Waals surface area contributed by atoms with E-state index < -0.39 is 0 Å². The van der Waals surface area contributed by atoms with Crippen molar-refractivity contribution >= 4 is 17.6 Å². The summed E-state index contributed by atoms with van der Waals surface area (Å²) >= 11 is 5.45. The Bertz CT molecular complexity index is 164. The Morgan fingerprint density at radius 2 is 2.17 bits per heavy atom. The van der Waals surface area contributed by atoms with Gasteiger partial charge in [-0.1, -0.05) is 6.08 Å². The summed E-state index contributed by atoms with van der Waals surface area (Å²) in [6.07, 6.45) is 3.47. The molecule has 3 heteroatoms. The first-order valence-electron chi connectivity index (χ1n) is 4.08. The highest BCUT2D eigenvalue weighted by Gasteiger charge is 2.02. The maximum absolute atomic E-state index is 11.0. The minimum absolute atomic E-state index is 0.230. The lowest BCUT2D eigenvalue weighted by Crippen LogP contribution is -2.06. The number of carbonyl (C=O) groups excluding carboxylic acids is 1. The van der Waals surface area contributed by atoms with Crippen LogP contribution in [0.1, 0.15) is 26.7 Å². The summed E-state index contributed by atoms with van der Waals surface area (Å²) in [5, 5.41) is 0. The van der Waals surface area contributed by atoms with E-state index in [2.05, 4.69) is 0 Å². The summed E-state index contributed by atoms with van der Waals surface area (Å²) in [6, 6.07) is 0. The lowest BCUT2D eigenvalue weighted by molar-refractivity contribution is -0.139. The molecule has 0 aliphatic carbocycles. The van der Waals surface area contributed by atoms with Crippen LogP contribution in [-0.4, -0.2) is 18.5 Å². The van der Waals surface area contributed by atoms with Gasteiger partial charge < -0.3 is 4.74 Å². The van der Waals surface area contributed by atoms with E-state index in [1.807, 2.05) is 6.92 Å². The predicted molar refractivity (Wildman–Crippen MR) is 50.3 cm³/mol. The van der Waals surface area contributed by atoms with Crippen molar-refractivity contribution in [3.63, 3.8) is 0 Å². The second kappa shape index (κ2) is 7.17. The summed E-state index contributed by atoms with van der Waals surface area (Å²) < 4.78 is 4.93. The van der Waals surface area contributed by atoms with Gasteiger partial charge in [-0.25, -0.2) is 4.79 Å². The maximum Gasteiger partial charge on any atom is 0.333 e. The molecular formula is C9H15ClO2. The smallest absolute Gasteiger partial charge is 0.333 e. The number of hydrogen-bond donors (Lipinski definition) is 0. The average Bonchev–Trinajstić information content (AvgIpc) is 2.10. The molecule has 0 aliphatic rings. The predicted octanol–water partition coefficient (Wildman–Crippen LogP) is 2.51. The van der Waals surface area contributed by atoms with E-state index in [-0.39, 0.29) is 5.97 Å². The van der Waals surface area contributed by atoms with Gasteiger partial charge in [0.25, 0.3) is 0 Å². The van der Waals surface area contributed by atoms with E-state index in [1.165, 1.54) is 0 Å². The maximum atomic E-state index is 11.0. The Balaban J connectivity index is 3.45. The molecule has 0 rings (SSSR count). The number of halogens is 1. The summed E-state index contributed by atoms with van der Waals surface area (Å²) in [6.45, 7) is 4.02. The van der Waals surface area contributed by atoms with Crippen LogP contribution in [0.2, 0.25) is 0 Å². The Labute approximate surface area is 78.5 Å². The first kappa shape index (κ1) is 11.5. The van der Waals surface area contributed by atoms with Gasteiger partial charge in [0, 0.05) is 11.5 Å². The van der Waals surface area contributed by atoms with Crippen LogP contribution in [0.5, 0.6) is 0 Å². The fourth-order valence-electron chi connectivity index (χ4n) is 0.593. The van der Waals surface area contributed by atoms with E-state index in [9.17, 15) is 4.79 Å². The zero-order chi connectivity index (χ0) is 9.40. The molecule has 0 saturated carbocycles. The molecule has 0 saturated heterocycles. The largest absolute Gasteiger partial charge is 0.462 e. The molecule has 0 aromatic rings. The highest BCUT2D eigenvalue weighted by atomic mass is 35.5. The van der Waals surface area contributed by atoms with Gasteiger partial charge in [-0.3, -0.25) is 0 Å². The molecule has 0 spiro atoms. The van der Waals surface area contributed by atoms with Crippen molar-refractivity contribution in [2.24, 2.45) is 0 Å². The van der Waals surface area contributed by atoms with Crippen LogP contribution in [0.4, 0.5) is 0 Å². The van der Waals surface area contributed by atoms with Crippen molar-refractivity contribution in [3.05, 3.63) is 11.6 Å². The minimum atomic E-state index is -0.230. The molecule has 0 amide bonds. The molecule has 12 heavy (non-hydrogen) atoms. The number of unbranched alkanes of at least 4 members (excludes halogenated alkanes) is 1. The van der Waals surface area contributed by atoms with Crippen molar-refractivity contribution in [1.82, 2.24) is 0 Å². The van der Waals surface area contributed by atoms with Crippen LogP contribution in [0, 0.1) is 0 Å². The fourth-order valence-corrected chi connectivity index (χ4v) is 0.782. The third-order valence-corrected chi connectivity index (χ3v) is 1.78. The molecular weight excluding hydrogens is 176 g/mol. The zero-order valence-electron chi connectivity index (χ0n) is 7.60. The SMILES string of the molecule is C/C=C(\C)C(=O)OCCCCCl. The van der Waals surface area contributed by atoms with Gasteiger partial charge >= 0.3 is 5.97 Å². The number of allylic oxidation sites excluding steroid dienone is 1. The molecule has 0 fully saturated rings. The van der Waals surface area contributed by atoms with Crippen molar-refractivity contribution in [1.29, 1.82) is 0 Å². The monoisotopic (exact) mass is 190 g/mol. The van der Waals surface area contributed by atoms with Gasteiger partial charge in [0.15, 0.2) is 0 Å². The number of esters is 1. The number of hydrogen-bond acceptors (Lipinski definition) is 2. The summed E-state index contributed by atoms with van der Waals surface area (Å²) in [5.74, 6) is 0.396. The molecule has 70 valence electrons. The van der Waals surface area contributed by atoms with Crippen LogP contribution < -0.4 is 0 Å². The zero-order valence-corrected chi connectivity index (χ0v) is 8.36. The van der Waals surface area contributed by atoms with Gasteiger partial charge in [0.2, 0.25) is 0 Å². The fraction of sp³-hybridized carbons (Fsp3) is 0.667. The van der Waals surface area contributed by atoms with Crippen molar-refractivity contribution in [2.75, 3.05) is 12.5 Å². The summed E-state index contributed by atoms with van der Waals surface area (Å²) in [7, 11) is 0. The van der Waals surface area contributed by atoms with Crippen LogP contribution >= 0.6 is 11.6 Å². The number of ether oxygens (including phenoxy) is 1. The molecule has 0 radical (unpaired) electrons. The second-order valence-corrected chi connectivity index (χ2v) is 2.88. The van der Waals surface area contributed by atoms with Crippen molar-refractivity contribution in [2.45, 2.75) is 26.7 Å². The topological polar surface area (TPSA) is 26.3 Å². The van der Waals surface area contributed by atoms with Gasteiger partial charge in [0.05, 0.1) is 6.61 Å². The molecule has 0 atom stereocenters. The standard InChI is InChI=1S/C9H15ClO2/c1-3-8(2)9(11)12-7-5-4-6-10/h3H,4-7H2,1-2H3/b8-3+. The highest BCUT2D eigenvalue weighted by Crippen LogP contribution is 1.98. The molecule has 0 heterocycles. The number of rotatable bonds is 5. The van der Waals surface area contributed by atoms with Crippen molar-refractivity contribution in [3.8, 4) is 0 Å². The number of carbonyl (C=O) groups is 1. The molecule has 0 N–H and O–H groups in total. The molecule has 0 bridgehead atoms. The summed E-state index contributed by atoms with van der Waals surface area (Å²) in [4.78, 5) is 11.0. The Kier molecular flexibility index (Phi) is 6.87. The minimum Gasteiger partial charge on any atom is -0.462 e. The first-order chi connectivity index (χ1) is 5.72. The third-order valence-electron chi connectivity index (χ3n) is 1.52. The van der Waals surface area contributed by atoms with E-state index in [1.54, 1.807) is 13.0 Å². The second-order valence-electron chi connectivity index (χ2n) is 2.50. The lowest BCUT2D eigenvalue weighted by atomic mass is 10.3. The van der Waals surface area contributed by atoms with Crippen LogP contribution in [0.15, 0.2) is 11.6 Å². The molecule has 2 nitrogen and oxygen atoms in total. The molecule has 0 aromatic heterocycles. The van der Waals surface area contributed by atoms with E-state index in [0.29, 0.717) is 18.1 Å². The first-order valence-corrected chi connectivity index (χ1v) is 4.61. The third kappa shape index (κ3) is 5.19. The molecule has 0 aliphatic heterocycles. The van der Waals surface area contributed by atoms with Crippen LogP contribution in [0.25, 0.3) is 0 Å². The normalized spacial score (nSPS) is 11.4. The summed E-state index contributed by atoms with van der Waals surface area (Å²) in [5.41, 5.74) is 0.654. The van der Waals surface area contributed by atoms with Gasteiger partial charge in [-0.05, 0) is 26.7 Å². The van der Waals surface area contributed by atoms with Crippen LogP contribution in [-0.2, 0) is 9.53 Å². The lowest BCUT2D eigenvalue weighted by Gasteiger charge is -2.02. The van der Waals surface area contributed by atoms with Crippen LogP contribution in [0.3, 0.4) is 0 Å². The van der Waals surface area contributed by atoms with Crippen molar-refractivity contribution < 1.29 is 9.53 Å². The average molecular weight is 191 g/mol. The molecule has 0 aromatic carbocycles. The highest BCUT2D eigenvalue weighted by molar-refractivity contribution is 6.17. The van der Waals surface area contributed by atoms with E-state index >= 15 is 0 Å². The number of alkyl halides is 1. The van der Waals surface area contributed by atoms with E-state index in [0.717, 1.165) is 12.8 Å². The van der Waals surface area contributed by atoms with E-state index in [4.69, 9.17) is 16.3 Å². The quantitative estimate of drug-likeness (QED) is 0.288. The Morgan fingerprint density at radius 1 is 1.50 bits per heavy atom. The molecule has 0 unspecified atom stereocenters. The van der Waals surface area contributed by atoms with Gasteiger partial charge in [-0.2, -0.15) is 0 Å². The Morgan fingerprint density at radius 3 is 2.67 bits per heavy atom. The Hall–Kier alpha value is -0.500. The van der Waals surface area contributed by atoms with Gasteiger partial charge in [0.1, 0.15) is 0 Å². The van der Waals surface area contributed by atoms with Gasteiger partial charge in [-0.15, -0.1) is 11.6 Å².